The third-order valence-corrected chi connectivity index (χ3v) is 8.16. The van der Waals surface area contributed by atoms with Crippen LogP contribution >= 0.6 is 0 Å². The number of carbonyl (C=O) groups excluding carboxylic acids is 1. The molecule has 2 aliphatic carbocycles. The van der Waals surface area contributed by atoms with Gasteiger partial charge in [-0.1, -0.05) is 0 Å². The van der Waals surface area contributed by atoms with Crippen LogP contribution < -0.4 is 9.62 Å². The summed E-state index contributed by atoms with van der Waals surface area (Å²) in [4.78, 5) is 14.7. The highest BCUT2D eigenvalue weighted by molar-refractivity contribution is 7.90. The molecule has 0 bridgehead atoms. The summed E-state index contributed by atoms with van der Waals surface area (Å²) in [6.07, 6.45) is 3.47. The molecule has 6 nitrogen and oxygen atoms in total. The van der Waals surface area contributed by atoms with Crippen LogP contribution in [0.15, 0.2) is 18.2 Å². The van der Waals surface area contributed by atoms with Crippen LogP contribution in [0.3, 0.4) is 0 Å². The molecule has 1 N–H and O–H groups in total. The van der Waals surface area contributed by atoms with Crippen molar-refractivity contribution in [3.05, 3.63) is 29.5 Å². The number of nitrogens with zero attached hydrogens (tertiary/aromatic N) is 3. The largest absolute Gasteiger partial charge is 0.598 e. The molecule has 1 saturated heterocycles. The van der Waals surface area contributed by atoms with Crippen LogP contribution in [0.25, 0.3) is 5.52 Å². The Bertz CT molecular complexity index is 989. The lowest BCUT2D eigenvalue weighted by Crippen LogP contribution is -2.48. The number of amides is 1. The van der Waals surface area contributed by atoms with Gasteiger partial charge in [0.15, 0.2) is 0 Å². The zero-order valence-corrected chi connectivity index (χ0v) is 18.7. The number of pyridine rings is 1. The Kier molecular flexibility index (Phi) is 4.16. The molecule has 29 heavy (non-hydrogen) atoms. The van der Waals surface area contributed by atoms with Crippen molar-refractivity contribution in [2.75, 3.05) is 11.4 Å². The molecular weight excluding hydrogens is 384 g/mol. The van der Waals surface area contributed by atoms with Crippen LogP contribution in [0, 0.1) is 11.8 Å². The first kappa shape index (κ1) is 19.4. The standard InChI is InChI=1S/C22H30N4O2S/c1-21(2,3)29(28)24-22(4,5)18-11-16-8-14(13-6-7-13)10-19(26(16)23-18)25-12-15-9-17(15)20(25)27/h8,10-11,13,15,17,24H,6-7,9,12H2,1-5H3/t15?,17?,29-/m1/s1. The van der Waals surface area contributed by atoms with Crippen LogP contribution in [0.2, 0.25) is 0 Å². The summed E-state index contributed by atoms with van der Waals surface area (Å²) in [5.41, 5.74) is 2.58. The maximum atomic E-state index is 12.8. The molecule has 1 aliphatic heterocycles. The number of carbonyl (C=O) groups is 1. The molecule has 3 aliphatic rings. The van der Waals surface area contributed by atoms with Gasteiger partial charge in [0.05, 0.1) is 11.2 Å². The molecule has 2 aromatic rings. The summed E-state index contributed by atoms with van der Waals surface area (Å²) in [5.74, 6) is 2.47. The van der Waals surface area contributed by atoms with Gasteiger partial charge in [-0.25, -0.2) is 4.52 Å². The highest BCUT2D eigenvalue weighted by atomic mass is 32.2. The lowest BCUT2D eigenvalue weighted by molar-refractivity contribution is -0.118. The van der Waals surface area contributed by atoms with E-state index >= 15 is 0 Å². The lowest BCUT2D eigenvalue weighted by Gasteiger charge is -2.31. The van der Waals surface area contributed by atoms with E-state index in [4.69, 9.17) is 5.10 Å². The van der Waals surface area contributed by atoms with E-state index in [-0.39, 0.29) is 16.6 Å². The van der Waals surface area contributed by atoms with E-state index < -0.39 is 16.9 Å². The highest BCUT2D eigenvalue weighted by Gasteiger charge is 2.53. The normalized spacial score (nSPS) is 25.6. The van der Waals surface area contributed by atoms with Crippen LogP contribution in [0.5, 0.6) is 0 Å². The Morgan fingerprint density at radius 2 is 1.90 bits per heavy atom. The number of rotatable bonds is 5. The minimum atomic E-state index is -1.21. The summed E-state index contributed by atoms with van der Waals surface area (Å²) in [6, 6.07) is 6.44. The van der Waals surface area contributed by atoms with E-state index in [1.807, 2.05) is 44.0 Å². The Morgan fingerprint density at radius 1 is 1.17 bits per heavy atom. The van der Waals surface area contributed by atoms with E-state index in [1.54, 1.807) is 0 Å². The minimum absolute atomic E-state index is 0.219. The number of hydrogen-bond donors (Lipinski definition) is 1. The second-order valence-electron chi connectivity index (χ2n) is 10.4. The fourth-order valence-corrected chi connectivity index (χ4v) is 5.05. The SMILES string of the molecule is CC(C)(N[S@+]([O-])C(C)(C)C)c1cc2cc(C3CC3)cc(N3CC4CC4C3=O)n2n1. The van der Waals surface area contributed by atoms with Gasteiger partial charge in [0, 0.05) is 23.8 Å². The van der Waals surface area contributed by atoms with Gasteiger partial charge in [-0.05, 0) is 89.5 Å². The fraction of sp³-hybridized carbons (Fsp3) is 0.636. The second-order valence-corrected chi connectivity index (χ2v) is 12.4. The van der Waals surface area contributed by atoms with Crippen molar-refractivity contribution in [3.63, 3.8) is 0 Å². The summed E-state index contributed by atoms with van der Waals surface area (Å²) in [7, 11) is 0. The number of piperidine rings is 1. The molecule has 3 fully saturated rings. The van der Waals surface area contributed by atoms with Crippen LogP contribution in [0.4, 0.5) is 5.82 Å². The highest BCUT2D eigenvalue weighted by Crippen LogP contribution is 2.48. The topological polar surface area (TPSA) is 72.7 Å². The molecule has 0 spiro atoms. The average Bonchev–Trinajstić information content (AvgIpc) is 3.53. The Balaban J connectivity index is 1.55. The molecule has 0 radical (unpaired) electrons. The molecule has 3 heterocycles. The van der Waals surface area contributed by atoms with Gasteiger partial charge in [-0.3, -0.25) is 9.69 Å². The van der Waals surface area contributed by atoms with Crippen molar-refractivity contribution in [2.24, 2.45) is 11.8 Å². The third kappa shape index (κ3) is 3.37. The summed E-state index contributed by atoms with van der Waals surface area (Å²) >= 11 is -1.21. The molecule has 5 rings (SSSR count). The van der Waals surface area contributed by atoms with Gasteiger partial charge in [0.2, 0.25) is 5.91 Å². The molecule has 0 aromatic carbocycles. The van der Waals surface area contributed by atoms with Gasteiger partial charge in [0.25, 0.3) is 0 Å². The lowest BCUT2D eigenvalue weighted by atomic mass is 10.0. The van der Waals surface area contributed by atoms with Crippen molar-refractivity contribution in [1.82, 2.24) is 14.3 Å². The van der Waals surface area contributed by atoms with Crippen LogP contribution in [-0.4, -0.2) is 31.4 Å². The van der Waals surface area contributed by atoms with E-state index in [2.05, 4.69) is 22.9 Å². The molecule has 1 amide bonds. The molecule has 156 valence electrons. The second kappa shape index (κ2) is 6.22. The van der Waals surface area contributed by atoms with Gasteiger partial charge < -0.3 is 4.55 Å². The van der Waals surface area contributed by atoms with Crippen molar-refractivity contribution in [1.29, 1.82) is 0 Å². The van der Waals surface area contributed by atoms with Crippen LogP contribution in [-0.2, 0) is 21.7 Å². The van der Waals surface area contributed by atoms with Crippen molar-refractivity contribution in [3.8, 4) is 0 Å². The van der Waals surface area contributed by atoms with Gasteiger partial charge >= 0.3 is 0 Å². The van der Waals surface area contributed by atoms with Gasteiger partial charge in [-0.2, -0.15) is 5.10 Å². The number of anilines is 1. The minimum Gasteiger partial charge on any atom is -0.598 e. The number of fused-ring (bicyclic) bond motifs is 2. The average molecular weight is 415 g/mol. The molecule has 2 unspecified atom stereocenters. The maximum Gasteiger partial charge on any atom is 0.231 e. The molecule has 2 aromatic heterocycles. The Labute approximate surface area is 175 Å². The molecule has 3 atom stereocenters. The Hall–Kier alpha value is -1.57. The maximum absolute atomic E-state index is 12.8. The van der Waals surface area contributed by atoms with E-state index in [1.165, 1.54) is 18.4 Å². The van der Waals surface area contributed by atoms with Crippen molar-refractivity contribution < 1.29 is 9.35 Å². The summed E-state index contributed by atoms with van der Waals surface area (Å²) in [6.45, 7) is 10.7. The van der Waals surface area contributed by atoms with E-state index in [0.717, 1.165) is 30.0 Å². The first-order valence-electron chi connectivity index (χ1n) is 10.6. The number of hydrogen-bond acceptors (Lipinski definition) is 4. The summed E-state index contributed by atoms with van der Waals surface area (Å²) < 4.78 is 17.5. The van der Waals surface area contributed by atoms with Gasteiger partial charge in [0.1, 0.15) is 16.1 Å². The number of aromatic nitrogens is 2. The third-order valence-electron chi connectivity index (χ3n) is 6.36. The van der Waals surface area contributed by atoms with Crippen LogP contribution in [0.1, 0.15) is 71.1 Å². The van der Waals surface area contributed by atoms with E-state index in [0.29, 0.717) is 11.8 Å². The smallest absolute Gasteiger partial charge is 0.231 e. The van der Waals surface area contributed by atoms with Crippen molar-refractivity contribution >= 4 is 28.6 Å². The Morgan fingerprint density at radius 3 is 2.48 bits per heavy atom. The number of nitrogens with one attached hydrogen (secondary N) is 1. The molecule has 7 heteroatoms. The fourth-order valence-electron chi connectivity index (χ4n) is 4.17. The monoisotopic (exact) mass is 414 g/mol. The molecule has 2 saturated carbocycles. The van der Waals surface area contributed by atoms with Gasteiger partial charge in [-0.15, -0.1) is 4.72 Å². The van der Waals surface area contributed by atoms with Crippen molar-refractivity contribution in [2.45, 2.75) is 70.1 Å². The first-order valence-corrected chi connectivity index (χ1v) is 11.7. The zero-order valence-electron chi connectivity index (χ0n) is 17.9. The quantitative estimate of drug-likeness (QED) is 0.760. The predicted molar refractivity (Wildman–Crippen MR) is 115 cm³/mol. The summed E-state index contributed by atoms with van der Waals surface area (Å²) in [5, 5.41) is 4.89. The zero-order chi connectivity index (χ0) is 20.7. The predicted octanol–water partition coefficient (Wildman–Crippen LogP) is 3.48. The first-order chi connectivity index (χ1) is 13.5. The van der Waals surface area contributed by atoms with E-state index in [9.17, 15) is 9.35 Å². The molecular formula is C22H30N4O2S.